The van der Waals surface area contributed by atoms with Gasteiger partial charge in [-0.25, -0.2) is 0 Å². The fourth-order valence-electron chi connectivity index (χ4n) is 0.631. The van der Waals surface area contributed by atoms with E-state index >= 15 is 0 Å². The summed E-state index contributed by atoms with van der Waals surface area (Å²) < 4.78 is 0. The number of hydrogen-bond acceptors (Lipinski definition) is 5. The zero-order chi connectivity index (χ0) is 10.1. The Hall–Kier alpha value is -1.50. The van der Waals surface area contributed by atoms with Gasteiger partial charge in [-0.1, -0.05) is 0 Å². The normalized spacial score (nSPS) is 9.23. The van der Waals surface area contributed by atoms with E-state index in [1.807, 2.05) is 10.6 Å². The Bertz CT molecular complexity index is 155. The van der Waals surface area contributed by atoms with E-state index in [0.29, 0.717) is 13.1 Å². The van der Waals surface area contributed by atoms with Crippen molar-refractivity contribution in [3.8, 4) is 0 Å². The molecule has 13 heavy (non-hydrogen) atoms. The van der Waals surface area contributed by atoms with Gasteiger partial charge < -0.3 is 35.8 Å². The highest BCUT2D eigenvalue weighted by Crippen LogP contribution is 1.60. The first-order valence-electron chi connectivity index (χ1n) is 3.73. The maximum absolute atomic E-state index is 9.83. The Morgan fingerprint density at radius 2 is 1.23 bits per heavy atom. The maximum atomic E-state index is 9.83. The van der Waals surface area contributed by atoms with Crippen molar-refractivity contribution in [2.24, 2.45) is 0 Å². The van der Waals surface area contributed by atoms with Crippen molar-refractivity contribution in [3.05, 3.63) is 0 Å². The molecule has 76 valence electrons. The summed E-state index contributed by atoms with van der Waals surface area (Å²) >= 11 is 0. The minimum Gasteiger partial charge on any atom is -0.530 e. The van der Waals surface area contributed by atoms with Gasteiger partial charge >= 0.3 is 0 Å². The Labute approximate surface area is 75.1 Å². The second-order valence-corrected chi connectivity index (χ2v) is 2.18. The maximum Gasteiger partial charge on any atom is 0.134 e. The molecule has 0 rings (SSSR count). The number of carboxylic acid groups (broad SMARTS) is 2. The Kier molecular flexibility index (Phi) is 6.34. The summed E-state index contributed by atoms with van der Waals surface area (Å²) in [6.07, 6.45) is -2.65. The molecule has 0 aliphatic carbocycles. The molecule has 7 nitrogen and oxygen atoms in total. The second kappa shape index (κ2) is 7.17. The molecular weight excluding hydrogens is 178 g/mol. The van der Waals surface area contributed by atoms with E-state index in [-0.39, 0.29) is 13.1 Å². The lowest BCUT2D eigenvalue weighted by Crippen LogP contribution is -2.43. The van der Waals surface area contributed by atoms with Crippen LogP contribution in [0.15, 0.2) is 0 Å². The lowest BCUT2D eigenvalue weighted by Gasteiger charge is -2.09. The minimum absolute atomic E-state index is 0.230. The molecule has 0 bridgehead atoms. The van der Waals surface area contributed by atoms with Crippen LogP contribution in [0.1, 0.15) is 0 Å². The van der Waals surface area contributed by atoms with Gasteiger partial charge in [-0.15, -0.1) is 0 Å². The molecule has 0 aliphatic heterocycles. The third-order valence-electron chi connectivity index (χ3n) is 1.14. The summed E-state index contributed by atoms with van der Waals surface area (Å²) in [7, 11) is 0. The van der Waals surface area contributed by atoms with Gasteiger partial charge in [-0.3, -0.25) is 0 Å². The molecule has 0 unspecified atom stereocenters. The van der Waals surface area contributed by atoms with E-state index in [9.17, 15) is 19.8 Å². The summed E-state index contributed by atoms with van der Waals surface area (Å²) in [5.41, 5.74) is 0. The van der Waals surface area contributed by atoms with Gasteiger partial charge in [-0.2, -0.15) is 0 Å². The van der Waals surface area contributed by atoms with Crippen LogP contribution in [-0.4, -0.2) is 38.4 Å². The van der Waals surface area contributed by atoms with Crippen LogP contribution in [0, 0.1) is 0 Å². The van der Waals surface area contributed by atoms with Crippen molar-refractivity contribution >= 4 is 12.2 Å². The summed E-state index contributed by atoms with van der Waals surface area (Å²) in [4.78, 5) is 19.7. The average molecular weight is 189 g/mol. The summed E-state index contributed by atoms with van der Waals surface area (Å²) in [5.74, 6) is 0. The van der Waals surface area contributed by atoms with E-state index in [1.54, 1.807) is 0 Å². The lowest BCUT2D eigenvalue weighted by atomic mass is 10.5. The summed E-state index contributed by atoms with van der Waals surface area (Å²) in [6.45, 7) is 1.30. The predicted molar refractivity (Wildman–Crippen MR) is 39.7 cm³/mol. The van der Waals surface area contributed by atoms with Crippen LogP contribution in [0.25, 0.3) is 0 Å². The van der Waals surface area contributed by atoms with Crippen LogP contribution in [0.4, 0.5) is 9.59 Å². The highest BCUT2D eigenvalue weighted by atomic mass is 16.4. The van der Waals surface area contributed by atoms with Crippen LogP contribution >= 0.6 is 0 Å². The topological polar surface area (TPSA) is 116 Å². The van der Waals surface area contributed by atoms with Crippen LogP contribution in [-0.2, 0) is 0 Å². The Morgan fingerprint density at radius 3 is 1.54 bits per heavy atom. The van der Waals surface area contributed by atoms with E-state index in [0.717, 1.165) is 0 Å². The molecule has 0 atom stereocenters. The molecule has 0 aromatic heterocycles. The first-order valence-corrected chi connectivity index (χ1v) is 3.73. The molecule has 0 radical (unpaired) electrons. The van der Waals surface area contributed by atoms with Gasteiger partial charge in [0.05, 0.1) is 0 Å². The molecule has 0 fully saturated rings. The molecule has 0 spiro atoms. The lowest BCUT2D eigenvalue weighted by molar-refractivity contribution is -0.251. The first kappa shape index (κ1) is 11.5. The van der Waals surface area contributed by atoms with Crippen molar-refractivity contribution in [2.75, 3.05) is 26.2 Å². The van der Waals surface area contributed by atoms with Crippen molar-refractivity contribution in [1.29, 1.82) is 0 Å². The van der Waals surface area contributed by atoms with E-state index in [4.69, 9.17) is 0 Å². The van der Waals surface area contributed by atoms with Gasteiger partial charge in [0.2, 0.25) is 0 Å². The van der Waals surface area contributed by atoms with Crippen LogP contribution in [0.3, 0.4) is 0 Å². The van der Waals surface area contributed by atoms with E-state index in [2.05, 4.69) is 5.32 Å². The first-order chi connectivity index (χ1) is 6.13. The number of carbonyl (C=O) groups is 2. The fourth-order valence-corrected chi connectivity index (χ4v) is 0.631. The standard InChI is InChI=1S/C6H13N3O4/c10-5(11)8-3-1-7-2-4-9-6(12)13/h7-9H,1-4H2,(H,10,11)(H,12,13)/p-2. The molecule has 7 heteroatoms. The molecule has 0 aromatic carbocycles. The van der Waals surface area contributed by atoms with Gasteiger partial charge in [0.15, 0.2) is 0 Å². The van der Waals surface area contributed by atoms with Gasteiger partial charge in [0.25, 0.3) is 0 Å². The fraction of sp³-hybridized carbons (Fsp3) is 0.667. The summed E-state index contributed by atoms with van der Waals surface area (Å²) in [6, 6.07) is 0. The molecule has 3 N–H and O–H groups in total. The predicted octanol–water partition coefficient (Wildman–Crippen LogP) is -3.56. The molecule has 0 aliphatic rings. The molecule has 2 amide bonds. The molecule has 0 aromatic rings. The molecular formula is C6H11N3O4-2. The monoisotopic (exact) mass is 189 g/mol. The number of carbonyl (C=O) groups excluding carboxylic acids is 2. The van der Waals surface area contributed by atoms with Crippen molar-refractivity contribution in [1.82, 2.24) is 16.0 Å². The smallest absolute Gasteiger partial charge is 0.134 e. The van der Waals surface area contributed by atoms with Crippen molar-refractivity contribution in [2.45, 2.75) is 0 Å². The highest BCUT2D eigenvalue weighted by molar-refractivity contribution is 5.62. The molecule has 0 heterocycles. The highest BCUT2D eigenvalue weighted by Gasteiger charge is 1.87. The zero-order valence-corrected chi connectivity index (χ0v) is 6.96. The van der Waals surface area contributed by atoms with Gasteiger partial charge in [-0.05, 0) is 0 Å². The van der Waals surface area contributed by atoms with E-state index < -0.39 is 12.2 Å². The Balaban J connectivity index is 3.00. The van der Waals surface area contributed by atoms with Crippen molar-refractivity contribution < 1.29 is 19.8 Å². The van der Waals surface area contributed by atoms with Crippen LogP contribution < -0.4 is 26.2 Å². The molecule has 0 saturated heterocycles. The van der Waals surface area contributed by atoms with Crippen LogP contribution in [0.2, 0.25) is 0 Å². The van der Waals surface area contributed by atoms with E-state index in [1.165, 1.54) is 0 Å². The van der Waals surface area contributed by atoms with Crippen LogP contribution in [0.5, 0.6) is 0 Å². The van der Waals surface area contributed by atoms with Crippen molar-refractivity contribution in [3.63, 3.8) is 0 Å². The largest absolute Gasteiger partial charge is 0.530 e. The quantitative estimate of drug-likeness (QED) is 0.374. The third-order valence-corrected chi connectivity index (χ3v) is 1.14. The summed E-state index contributed by atoms with van der Waals surface area (Å²) in [5, 5.41) is 26.5. The number of rotatable bonds is 6. The minimum atomic E-state index is -1.32. The SMILES string of the molecule is O=C([O-])NCCNCCNC(=O)[O-]. The van der Waals surface area contributed by atoms with Gasteiger partial charge in [0.1, 0.15) is 12.2 Å². The number of nitrogens with one attached hydrogen (secondary N) is 3. The van der Waals surface area contributed by atoms with Gasteiger partial charge in [0, 0.05) is 26.2 Å². The molecule has 0 saturated carbocycles. The Morgan fingerprint density at radius 1 is 0.846 bits per heavy atom. The zero-order valence-electron chi connectivity index (χ0n) is 6.96. The number of amides is 2. The average Bonchev–Trinajstić information content (AvgIpc) is 2.01. The number of hydrogen-bond donors (Lipinski definition) is 3. The second-order valence-electron chi connectivity index (χ2n) is 2.18. The third kappa shape index (κ3) is 10.5.